The molecule has 0 aromatic carbocycles. The summed E-state index contributed by atoms with van der Waals surface area (Å²) in [7, 11) is 0. The minimum absolute atomic E-state index is 0.462. The van der Waals surface area contributed by atoms with Crippen LogP contribution in [0.4, 0.5) is 0 Å². The Morgan fingerprint density at radius 3 is 2.62 bits per heavy atom. The SMILES string of the molecule is CC1=C2C[C@H](C(C)(C)O)CCC2(C)CCC1. The normalized spacial score (nSPS) is 36.2. The fourth-order valence-electron chi connectivity index (χ4n) is 3.70. The van der Waals surface area contributed by atoms with Crippen LogP contribution in [0, 0.1) is 11.3 Å². The zero-order valence-electron chi connectivity index (χ0n) is 11.3. The molecule has 2 aliphatic carbocycles. The lowest BCUT2D eigenvalue weighted by Gasteiger charge is -2.46. The van der Waals surface area contributed by atoms with E-state index in [1.54, 1.807) is 11.1 Å². The molecule has 2 aliphatic rings. The summed E-state index contributed by atoms with van der Waals surface area (Å²) >= 11 is 0. The van der Waals surface area contributed by atoms with Gasteiger partial charge in [-0.15, -0.1) is 0 Å². The Bertz CT molecular complexity index is 308. The molecule has 0 aliphatic heterocycles. The van der Waals surface area contributed by atoms with Gasteiger partial charge in [0.05, 0.1) is 5.60 Å². The molecule has 1 unspecified atom stereocenters. The van der Waals surface area contributed by atoms with Gasteiger partial charge in [0, 0.05) is 0 Å². The predicted molar refractivity (Wildman–Crippen MR) is 68.3 cm³/mol. The molecule has 16 heavy (non-hydrogen) atoms. The van der Waals surface area contributed by atoms with Crippen LogP contribution in [0.2, 0.25) is 0 Å². The van der Waals surface area contributed by atoms with E-state index < -0.39 is 5.60 Å². The third-order valence-corrected chi connectivity index (χ3v) is 5.02. The molecule has 0 heterocycles. The summed E-state index contributed by atoms with van der Waals surface area (Å²) in [5.41, 5.74) is 3.25. The minimum Gasteiger partial charge on any atom is -0.390 e. The van der Waals surface area contributed by atoms with Crippen molar-refractivity contribution in [2.45, 2.75) is 71.8 Å². The van der Waals surface area contributed by atoms with Crippen molar-refractivity contribution in [2.75, 3.05) is 0 Å². The van der Waals surface area contributed by atoms with Gasteiger partial charge in [-0.3, -0.25) is 0 Å². The fourth-order valence-corrected chi connectivity index (χ4v) is 3.70. The first kappa shape index (κ1) is 12.2. The molecule has 0 radical (unpaired) electrons. The van der Waals surface area contributed by atoms with Crippen molar-refractivity contribution in [2.24, 2.45) is 11.3 Å². The van der Waals surface area contributed by atoms with E-state index in [0.717, 1.165) is 6.42 Å². The van der Waals surface area contributed by atoms with Gasteiger partial charge in [-0.1, -0.05) is 18.1 Å². The quantitative estimate of drug-likeness (QED) is 0.663. The summed E-state index contributed by atoms with van der Waals surface area (Å²) in [6.45, 7) is 8.68. The lowest BCUT2D eigenvalue weighted by atomic mass is 9.60. The highest BCUT2D eigenvalue weighted by Crippen LogP contribution is 2.52. The van der Waals surface area contributed by atoms with E-state index in [9.17, 15) is 5.11 Å². The van der Waals surface area contributed by atoms with E-state index >= 15 is 0 Å². The molecule has 0 spiro atoms. The van der Waals surface area contributed by atoms with Gasteiger partial charge in [0.2, 0.25) is 0 Å². The fraction of sp³-hybridized carbons (Fsp3) is 0.867. The molecule has 92 valence electrons. The monoisotopic (exact) mass is 222 g/mol. The molecule has 2 atom stereocenters. The van der Waals surface area contributed by atoms with Crippen LogP contribution >= 0.6 is 0 Å². The molecular weight excluding hydrogens is 196 g/mol. The summed E-state index contributed by atoms with van der Waals surface area (Å²) < 4.78 is 0. The van der Waals surface area contributed by atoms with Gasteiger partial charge in [-0.05, 0) is 70.6 Å². The maximum absolute atomic E-state index is 10.2. The van der Waals surface area contributed by atoms with Crippen molar-refractivity contribution in [1.82, 2.24) is 0 Å². The third-order valence-electron chi connectivity index (χ3n) is 5.02. The highest BCUT2D eigenvalue weighted by Gasteiger charge is 2.41. The van der Waals surface area contributed by atoms with Crippen molar-refractivity contribution in [1.29, 1.82) is 0 Å². The van der Waals surface area contributed by atoms with Gasteiger partial charge < -0.3 is 5.11 Å². The van der Waals surface area contributed by atoms with Gasteiger partial charge in [0.1, 0.15) is 0 Å². The van der Waals surface area contributed by atoms with Crippen LogP contribution in [0.25, 0.3) is 0 Å². The Labute approximate surface area is 99.9 Å². The van der Waals surface area contributed by atoms with Gasteiger partial charge >= 0.3 is 0 Å². The lowest BCUT2D eigenvalue weighted by Crippen LogP contribution is -2.39. The number of hydrogen-bond donors (Lipinski definition) is 1. The molecular formula is C15H26O. The van der Waals surface area contributed by atoms with E-state index in [2.05, 4.69) is 13.8 Å². The summed E-state index contributed by atoms with van der Waals surface area (Å²) in [5.74, 6) is 0.462. The molecule has 1 saturated carbocycles. The van der Waals surface area contributed by atoms with E-state index in [1.807, 2.05) is 13.8 Å². The highest BCUT2D eigenvalue weighted by molar-refractivity contribution is 5.26. The number of aliphatic hydroxyl groups is 1. The Balaban J connectivity index is 2.25. The summed E-state index contributed by atoms with van der Waals surface area (Å²) in [4.78, 5) is 0. The molecule has 0 amide bonds. The van der Waals surface area contributed by atoms with Crippen LogP contribution in [0.3, 0.4) is 0 Å². The van der Waals surface area contributed by atoms with E-state index in [0.29, 0.717) is 11.3 Å². The average Bonchev–Trinajstić information content (AvgIpc) is 2.15. The number of rotatable bonds is 1. The molecule has 2 rings (SSSR count). The average molecular weight is 222 g/mol. The van der Waals surface area contributed by atoms with Crippen LogP contribution in [0.15, 0.2) is 11.1 Å². The smallest absolute Gasteiger partial charge is 0.0622 e. The zero-order chi connectivity index (χ0) is 12.0. The van der Waals surface area contributed by atoms with Crippen molar-refractivity contribution >= 4 is 0 Å². The molecule has 1 N–H and O–H groups in total. The topological polar surface area (TPSA) is 20.2 Å². The van der Waals surface area contributed by atoms with Crippen LogP contribution in [-0.4, -0.2) is 10.7 Å². The molecule has 1 fully saturated rings. The van der Waals surface area contributed by atoms with Crippen LogP contribution < -0.4 is 0 Å². The molecule has 0 aromatic rings. The van der Waals surface area contributed by atoms with Gasteiger partial charge in [-0.25, -0.2) is 0 Å². The second-order valence-electron chi connectivity index (χ2n) is 6.77. The second-order valence-corrected chi connectivity index (χ2v) is 6.77. The van der Waals surface area contributed by atoms with Crippen molar-refractivity contribution in [3.05, 3.63) is 11.1 Å². The van der Waals surface area contributed by atoms with Crippen molar-refractivity contribution < 1.29 is 5.11 Å². The number of fused-ring (bicyclic) bond motifs is 1. The summed E-state index contributed by atoms with van der Waals surface area (Å²) in [6.07, 6.45) is 7.59. The Morgan fingerprint density at radius 1 is 1.31 bits per heavy atom. The maximum atomic E-state index is 10.2. The van der Waals surface area contributed by atoms with Gasteiger partial charge in [0.15, 0.2) is 0 Å². The third kappa shape index (κ3) is 2.07. The molecule has 0 saturated heterocycles. The first-order valence-corrected chi connectivity index (χ1v) is 6.74. The van der Waals surface area contributed by atoms with Crippen molar-refractivity contribution in [3.63, 3.8) is 0 Å². The Hall–Kier alpha value is -0.300. The first-order valence-electron chi connectivity index (χ1n) is 6.74. The lowest BCUT2D eigenvalue weighted by molar-refractivity contribution is -0.00453. The van der Waals surface area contributed by atoms with Crippen LogP contribution in [0.5, 0.6) is 0 Å². The highest BCUT2D eigenvalue weighted by atomic mass is 16.3. The first-order chi connectivity index (χ1) is 7.33. The van der Waals surface area contributed by atoms with Crippen LogP contribution in [0.1, 0.15) is 66.2 Å². The van der Waals surface area contributed by atoms with Crippen LogP contribution in [-0.2, 0) is 0 Å². The Kier molecular flexibility index (Phi) is 2.94. The zero-order valence-corrected chi connectivity index (χ0v) is 11.3. The van der Waals surface area contributed by atoms with E-state index in [1.165, 1.54) is 32.1 Å². The molecule has 1 nitrogen and oxygen atoms in total. The van der Waals surface area contributed by atoms with Gasteiger partial charge in [-0.2, -0.15) is 0 Å². The Morgan fingerprint density at radius 2 is 2.00 bits per heavy atom. The standard InChI is InChI=1S/C15H26O/c1-11-6-5-8-15(4)9-7-12(10-13(11)15)14(2,3)16/h12,16H,5-10H2,1-4H3/t12-,15?/m1/s1. The second kappa shape index (κ2) is 3.87. The minimum atomic E-state index is -0.508. The summed E-state index contributed by atoms with van der Waals surface area (Å²) in [5, 5.41) is 10.2. The van der Waals surface area contributed by atoms with E-state index in [-0.39, 0.29) is 0 Å². The number of allylic oxidation sites excluding steroid dienone is 2. The molecule has 1 heteroatoms. The van der Waals surface area contributed by atoms with Gasteiger partial charge in [0.25, 0.3) is 0 Å². The summed E-state index contributed by atoms with van der Waals surface area (Å²) in [6, 6.07) is 0. The van der Waals surface area contributed by atoms with E-state index in [4.69, 9.17) is 0 Å². The number of hydrogen-bond acceptors (Lipinski definition) is 1. The maximum Gasteiger partial charge on any atom is 0.0622 e. The van der Waals surface area contributed by atoms with Crippen molar-refractivity contribution in [3.8, 4) is 0 Å². The predicted octanol–water partition coefficient (Wildman–Crippen LogP) is 4.06. The molecule has 0 bridgehead atoms. The largest absolute Gasteiger partial charge is 0.390 e. The molecule has 0 aromatic heterocycles.